The lowest BCUT2D eigenvalue weighted by Crippen LogP contribution is -2.42. The molecule has 3 heteroatoms. The first-order chi connectivity index (χ1) is 9.85. The maximum atomic E-state index is 5.44. The smallest absolute Gasteiger partial charge is 0.123 e. The van der Waals surface area contributed by atoms with E-state index in [9.17, 15) is 0 Å². The van der Waals surface area contributed by atoms with Crippen molar-refractivity contribution in [3.8, 4) is 5.75 Å². The summed E-state index contributed by atoms with van der Waals surface area (Å²) in [6, 6.07) is 9.11. The van der Waals surface area contributed by atoms with Crippen LogP contribution in [0.3, 0.4) is 0 Å². The van der Waals surface area contributed by atoms with Gasteiger partial charge < -0.3 is 10.1 Å². The van der Waals surface area contributed by atoms with Gasteiger partial charge in [0.1, 0.15) is 5.75 Å². The Bertz CT molecular complexity index is 423. The van der Waals surface area contributed by atoms with Crippen LogP contribution in [0.15, 0.2) is 24.3 Å². The van der Waals surface area contributed by atoms with Crippen LogP contribution in [0, 0.1) is 5.92 Å². The molecule has 2 aliphatic rings. The first-order valence-electron chi connectivity index (χ1n) is 7.93. The molecule has 1 saturated carbocycles. The molecule has 20 heavy (non-hydrogen) atoms. The van der Waals surface area contributed by atoms with E-state index in [-0.39, 0.29) is 0 Å². The normalized spacial score (nSPS) is 21.1. The summed E-state index contributed by atoms with van der Waals surface area (Å²) in [5.74, 6) is 2.00. The second-order valence-corrected chi connectivity index (χ2v) is 6.21. The van der Waals surface area contributed by atoms with Crippen LogP contribution in [0.2, 0.25) is 0 Å². The summed E-state index contributed by atoms with van der Waals surface area (Å²) in [6.07, 6.45) is 5.45. The highest BCUT2D eigenvalue weighted by atomic mass is 16.5. The van der Waals surface area contributed by atoms with E-state index in [1.54, 1.807) is 7.11 Å². The van der Waals surface area contributed by atoms with Crippen molar-refractivity contribution >= 4 is 0 Å². The Morgan fingerprint density at radius 2 is 1.90 bits per heavy atom. The zero-order valence-electron chi connectivity index (χ0n) is 12.5. The molecular weight excluding hydrogens is 248 g/mol. The van der Waals surface area contributed by atoms with Gasteiger partial charge >= 0.3 is 0 Å². The number of methoxy groups -OCH3 is 1. The molecule has 2 fully saturated rings. The van der Waals surface area contributed by atoms with Crippen LogP contribution in [0.25, 0.3) is 0 Å². The van der Waals surface area contributed by atoms with Gasteiger partial charge in [-0.25, -0.2) is 0 Å². The van der Waals surface area contributed by atoms with E-state index in [1.807, 2.05) is 6.07 Å². The van der Waals surface area contributed by atoms with Gasteiger partial charge in [0.15, 0.2) is 0 Å². The molecule has 1 saturated heterocycles. The topological polar surface area (TPSA) is 24.5 Å². The Morgan fingerprint density at radius 1 is 1.15 bits per heavy atom. The van der Waals surface area contributed by atoms with Gasteiger partial charge in [0.2, 0.25) is 0 Å². The molecule has 0 spiro atoms. The molecule has 3 nitrogen and oxygen atoms in total. The molecule has 0 aromatic heterocycles. The van der Waals surface area contributed by atoms with Gasteiger partial charge in [0, 0.05) is 18.2 Å². The summed E-state index contributed by atoms with van der Waals surface area (Å²) < 4.78 is 5.44. The van der Waals surface area contributed by atoms with Crippen LogP contribution in [0.1, 0.15) is 31.2 Å². The van der Waals surface area contributed by atoms with Crippen molar-refractivity contribution in [2.45, 2.75) is 38.3 Å². The van der Waals surface area contributed by atoms with Gasteiger partial charge in [0.25, 0.3) is 0 Å². The second-order valence-electron chi connectivity index (χ2n) is 6.21. The Balaban J connectivity index is 1.45. The van der Waals surface area contributed by atoms with E-state index in [2.05, 4.69) is 28.4 Å². The SMILES string of the molecule is COc1ccccc1CN1CCC(NCC2CC2)CC1. The predicted molar refractivity (Wildman–Crippen MR) is 82.0 cm³/mol. The molecule has 3 rings (SSSR count). The van der Waals surface area contributed by atoms with Crippen molar-refractivity contribution in [1.82, 2.24) is 10.2 Å². The van der Waals surface area contributed by atoms with E-state index in [0.717, 1.165) is 24.3 Å². The second kappa shape index (κ2) is 6.59. The van der Waals surface area contributed by atoms with Crippen molar-refractivity contribution in [3.63, 3.8) is 0 Å². The van der Waals surface area contributed by atoms with E-state index in [4.69, 9.17) is 4.74 Å². The average molecular weight is 274 g/mol. The van der Waals surface area contributed by atoms with Crippen molar-refractivity contribution in [2.75, 3.05) is 26.7 Å². The van der Waals surface area contributed by atoms with Crippen molar-refractivity contribution < 1.29 is 4.74 Å². The molecule has 1 N–H and O–H groups in total. The van der Waals surface area contributed by atoms with Gasteiger partial charge in [-0.2, -0.15) is 0 Å². The number of hydrogen-bond acceptors (Lipinski definition) is 3. The lowest BCUT2D eigenvalue weighted by atomic mass is 10.0. The van der Waals surface area contributed by atoms with Crippen molar-refractivity contribution in [3.05, 3.63) is 29.8 Å². The number of hydrogen-bond donors (Lipinski definition) is 1. The maximum Gasteiger partial charge on any atom is 0.123 e. The van der Waals surface area contributed by atoms with Gasteiger partial charge in [-0.05, 0) is 57.3 Å². The van der Waals surface area contributed by atoms with Gasteiger partial charge in [-0.1, -0.05) is 18.2 Å². The first kappa shape index (κ1) is 13.9. The zero-order chi connectivity index (χ0) is 13.8. The molecule has 0 atom stereocenters. The van der Waals surface area contributed by atoms with E-state index in [1.165, 1.54) is 50.9 Å². The lowest BCUT2D eigenvalue weighted by molar-refractivity contribution is 0.188. The van der Waals surface area contributed by atoms with Gasteiger partial charge in [0.05, 0.1) is 7.11 Å². The number of para-hydroxylation sites is 1. The molecule has 1 aromatic carbocycles. The monoisotopic (exact) mass is 274 g/mol. The van der Waals surface area contributed by atoms with E-state index >= 15 is 0 Å². The van der Waals surface area contributed by atoms with Crippen LogP contribution in [-0.4, -0.2) is 37.7 Å². The Kier molecular flexibility index (Phi) is 4.58. The van der Waals surface area contributed by atoms with Crippen LogP contribution in [0.5, 0.6) is 5.75 Å². The molecule has 0 amide bonds. The van der Waals surface area contributed by atoms with Crippen LogP contribution >= 0.6 is 0 Å². The quantitative estimate of drug-likeness (QED) is 0.863. The average Bonchev–Trinajstić information content (AvgIpc) is 3.31. The lowest BCUT2D eigenvalue weighted by Gasteiger charge is -2.32. The number of benzene rings is 1. The molecule has 1 aliphatic heterocycles. The number of likely N-dealkylation sites (tertiary alicyclic amines) is 1. The maximum absolute atomic E-state index is 5.44. The van der Waals surface area contributed by atoms with Crippen molar-refractivity contribution in [1.29, 1.82) is 0 Å². The molecule has 0 radical (unpaired) electrons. The van der Waals surface area contributed by atoms with E-state index < -0.39 is 0 Å². The summed E-state index contributed by atoms with van der Waals surface area (Å²) in [5.41, 5.74) is 1.30. The molecule has 1 aliphatic carbocycles. The minimum atomic E-state index is 0.740. The zero-order valence-corrected chi connectivity index (χ0v) is 12.5. The molecule has 110 valence electrons. The summed E-state index contributed by atoms with van der Waals surface area (Å²) >= 11 is 0. The summed E-state index contributed by atoms with van der Waals surface area (Å²) in [4.78, 5) is 2.55. The predicted octanol–water partition coefficient (Wildman–Crippen LogP) is 2.66. The van der Waals surface area contributed by atoms with Crippen LogP contribution in [0.4, 0.5) is 0 Å². The molecular formula is C17H26N2O. The Hall–Kier alpha value is -1.06. The van der Waals surface area contributed by atoms with Crippen molar-refractivity contribution in [2.24, 2.45) is 5.92 Å². The van der Waals surface area contributed by atoms with Gasteiger partial charge in [-0.15, -0.1) is 0 Å². The third-order valence-electron chi connectivity index (χ3n) is 4.57. The molecule has 0 bridgehead atoms. The fourth-order valence-electron chi connectivity index (χ4n) is 3.03. The third kappa shape index (κ3) is 3.74. The number of nitrogens with zero attached hydrogens (tertiary/aromatic N) is 1. The fourth-order valence-corrected chi connectivity index (χ4v) is 3.03. The first-order valence-corrected chi connectivity index (χ1v) is 7.93. The minimum Gasteiger partial charge on any atom is -0.496 e. The Labute approximate surface area is 122 Å². The molecule has 0 unspecified atom stereocenters. The minimum absolute atomic E-state index is 0.740. The Morgan fingerprint density at radius 3 is 2.60 bits per heavy atom. The highest BCUT2D eigenvalue weighted by Gasteiger charge is 2.24. The van der Waals surface area contributed by atoms with E-state index in [0.29, 0.717) is 0 Å². The fraction of sp³-hybridized carbons (Fsp3) is 0.647. The van der Waals surface area contributed by atoms with Crippen LogP contribution in [-0.2, 0) is 6.54 Å². The summed E-state index contributed by atoms with van der Waals surface area (Å²) in [7, 11) is 1.76. The highest BCUT2D eigenvalue weighted by Crippen LogP contribution is 2.28. The molecule has 1 aromatic rings. The number of nitrogens with one attached hydrogen (secondary N) is 1. The highest BCUT2D eigenvalue weighted by molar-refractivity contribution is 5.33. The number of piperidine rings is 1. The third-order valence-corrected chi connectivity index (χ3v) is 4.57. The van der Waals surface area contributed by atoms with Crippen LogP contribution < -0.4 is 10.1 Å². The molecule has 1 heterocycles. The summed E-state index contributed by atoms with van der Waals surface area (Å²) in [5, 5.41) is 3.74. The number of rotatable bonds is 6. The standard InChI is InChI=1S/C17H26N2O/c1-20-17-5-3-2-4-15(17)13-19-10-8-16(9-11-19)18-12-14-6-7-14/h2-5,14,16,18H,6-13H2,1H3. The number of ether oxygens (including phenoxy) is 1. The summed E-state index contributed by atoms with van der Waals surface area (Å²) in [6.45, 7) is 4.65. The van der Waals surface area contributed by atoms with Gasteiger partial charge in [-0.3, -0.25) is 4.90 Å². The largest absolute Gasteiger partial charge is 0.496 e.